The Labute approximate surface area is 172 Å². The maximum atomic E-state index is 11.7. The smallest absolute Gasteiger partial charge is 0.138 e. The number of ether oxygens (including phenoxy) is 1. The molecule has 2 saturated carbocycles. The van der Waals surface area contributed by atoms with Crippen LogP contribution < -0.4 is 15.7 Å². The Morgan fingerprint density at radius 3 is 2.07 bits per heavy atom. The van der Waals surface area contributed by atoms with Crippen LogP contribution in [-0.2, 0) is 4.74 Å². The third-order valence-electron chi connectivity index (χ3n) is 6.04. The molecular weight excluding hydrogens is 410 g/mol. The van der Waals surface area contributed by atoms with Crippen LogP contribution in [0.2, 0.25) is 0 Å². The fourth-order valence-corrected chi connectivity index (χ4v) is 5.27. The first-order valence-corrected chi connectivity index (χ1v) is 10.4. The van der Waals surface area contributed by atoms with Crippen molar-refractivity contribution in [3.63, 3.8) is 0 Å². The molecule has 1 heterocycles. The summed E-state index contributed by atoms with van der Waals surface area (Å²) >= 11 is 1.28. The SMILES string of the molecule is COC1CCC(N2NNSC2NC2C(N([O-])O)CC(N([O-])O)CC2N([O-])O)CC1. The molecule has 3 rings (SSSR count). The van der Waals surface area contributed by atoms with E-state index < -0.39 is 29.7 Å². The molecule has 3 unspecified atom stereocenters. The quantitative estimate of drug-likeness (QED) is 0.223. The molecule has 0 amide bonds. The van der Waals surface area contributed by atoms with E-state index in [1.807, 2.05) is 5.01 Å². The van der Waals surface area contributed by atoms with Gasteiger partial charge in [-0.25, -0.2) is 0 Å². The minimum absolute atomic E-state index is 0.166. The maximum absolute atomic E-state index is 11.7. The highest BCUT2D eigenvalue weighted by molar-refractivity contribution is 7.98. The summed E-state index contributed by atoms with van der Waals surface area (Å²) in [6.45, 7) is 0. The van der Waals surface area contributed by atoms with E-state index in [-0.39, 0.29) is 40.7 Å². The molecular formula is C14H28N7O7S-3. The summed E-state index contributed by atoms with van der Waals surface area (Å²) in [4.78, 5) is 2.94. The van der Waals surface area contributed by atoms with Gasteiger partial charge >= 0.3 is 0 Å². The first-order valence-electron chi connectivity index (χ1n) is 9.51. The van der Waals surface area contributed by atoms with E-state index in [4.69, 9.17) is 4.74 Å². The Morgan fingerprint density at radius 2 is 1.59 bits per heavy atom. The van der Waals surface area contributed by atoms with Crippen LogP contribution in [0.4, 0.5) is 0 Å². The molecule has 29 heavy (non-hydrogen) atoms. The minimum atomic E-state index is -1.22. The van der Waals surface area contributed by atoms with E-state index in [1.165, 1.54) is 11.9 Å². The molecule has 0 aromatic heterocycles. The van der Waals surface area contributed by atoms with Gasteiger partial charge in [0.25, 0.3) is 0 Å². The number of methoxy groups -OCH3 is 1. The standard InChI is InChI=1S/C14H28N7O7S/c1-28-10-4-2-8(3-5-10)18-14(29-17-16-18)15-13-11(20(24)25)6-9(19(22)23)7-12(13)21(26)27/h8-17,22,24,26H,2-7H2,1H3/q-3. The highest BCUT2D eigenvalue weighted by Gasteiger charge is 2.43. The molecule has 0 aromatic carbocycles. The van der Waals surface area contributed by atoms with Crippen LogP contribution in [0.3, 0.4) is 0 Å². The first-order chi connectivity index (χ1) is 13.8. The molecule has 1 saturated heterocycles. The Balaban J connectivity index is 1.71. The second-order valence-electron chi connectivity index (χ2n) is 7.62. The lowest BCUT2D eigenvalue weighted by Gasteiger charge is -2.53. The summed E-state index contributed by atoms with van der Waals surface area (Å²) in [5.41, 5.74) is 2.64. The highest BCUT2D eigenvalue weighted by atomic mass is 32.2. The van der Waals surface area contributed by atoms with Crippen molar-refractivity contribution in [2.24, 2.45) is 0 Å². The van der Waals surface area contributed by atoms with Crippen molar-refractivity contribution in [3.8, 4) is 0 Å². The summed E-state index contributed by atoms with van der Waals surface area (Å²) in [5, 5.41) is 67.2. The van der Waals surface area contributed by atoms with Gasteiger partial charge in [-0.05, 0) is 50.5 Å². The third kappa shape index (κ3) is 5.53. The summed E-state index contributed by atoms with van der Waals surface area (Å²) in [6.07, 6.45) is 3.42. The fourth-order valence-electron chi connectivity index (χ4n) is 4.43. The molecule has 6 N–H and O–H groups in total. The lowest BCUT2D eigenvalue weighted by atomic mass is 9.83. The van der Waals surface area contributed by atoms with Crippen molar-refractivity contribution in [2.45, 2.75) is 80.3 Å². The summed E-state index contributed by atoms with van der Waals surface area (Å²) in [7, 11) is 1.69. The predicted octanol–water partition coefficient (Wildman–Crippen LogP) is -0.375. The molecule has 14 nitrogen and oxygen atoms in total. The summed E-state index contributed by atoms with van der Waals surface area (Å²) < 4.78 is 5.40. The average molecular weight is 438 g/mol. The van der Waals surface area contributed by atoms with E-state index >= 15 is 0 Å². The highest BCUT2D eigenvalue weighted by Crippen LogP contribution is 2.32. The van der Waals surface area contributed by atoms with Crippen LogP contribution in [-0.4, -0.2) is 85.2 Å². The molecule has 15 heteroatoms. The molecule has 1 aliphatic heterocycles. The van der Waals surface area contributed by atoms with Gasteiger partial charge in [-0.15, -0.1) is 0 Å². The van der Waals surface area contributed by atoms with E-state index in [0.717, 1.165) is 25.7 Å². The zero-order valence-electron chi connectivity index (χ0n) is 16.0. The van der Waals surface area contributed by atoms with Gasteiger partial charge < -0.3 is 36.0 Å². The zero-order valence-corrected chi connectivity index (χ0v) is 16.8. The van der Waals surface area contributed by atoms with Gasteiger partial charge in [0.15, 0.2) is 0 Å². The predicted molar refractivity (Wildman–Crippen MR) is 101 cm³/mol. The van der Waals surface area contributed by atoms with Crippen LogP contribution in [0, 0.1) is 15.6 Å². The van der Waals surface area contributed by atoms with Gasteiger partial charge in [0.05, 0.1) is 6.10 Å². The molecule has 3 atom stereocenters. The van der Waals surface area contributed by atoms with Crippen LogP contribution >= 0.6 is 11.9 Å². The molecule has 170 valence electrons. The van der Waals surface area contributed by atoms with E-state index in [0.29, 0.717) is 0 Å². The lowest BCUT2D eigenvalue weighted by molar-refractivity contribution is -0.179. The monoisotopic (exact) mass is 438 g/mol. The number of hydrogen-bond acceptors (Lipinski definition) is 15. The van der Waals surface area contributed by atoms with E-state index in [1.54, 1.807) is 7.11 Å². The van der Waals surface area contributed by atoms with E-state index in [2.05, 4.69) is 15.7 Å². The van der Waals surface area contributed by atoms with Gasteiger partial charge in [0.1, 0.15) is 5.50 Å². The van der Waals surface area contributed by atoms with Crippen LogP contribution in [0.25, 0.3) is 0 Å². The number of hydrogen-bond donors (Lipinski definition) is 6. The van der Waals surface area contributed by atoms with Crippen molar-refractivity contribution in [1.29, 1.82) is 0 Å². The Kier molecular flexibility index (Phi) is 8.41. The number of rotatable bonds is 7. The van der Waals surface area contributed by atoms with Crippen molar-refractivity contribution < 1.29 is 20.4 Å². The van der Waals surface area contributed by atoms with Gasteiger partial charge in [-0.2, -0.15) is 15.4 Å². The van der Waals surface area contributed by atoms with Crippen molar-refractivity contribution in [2.75, 3.05) is 7.11 Å². The summed E-state index contributed by atoms with van der Waals surface area (Å²) in [5.74, 6) is 0. The van der Waals surface area contributed by atoms with Crippen molar-refractivity contribution in [1.82, 2.24) is 36.4 Å². The van der Waals surface area contributed by atoms with Gasteiger partial charge in [0.2, 0.25) is 0 Å². The maximum Gasteiger partial charge on any atom is 0.138 e. The second kappa shape index (κ2) is 10.4. The van der Waals surface area contributed by atoms with E-state index in [9.17, 15) is 31.2 Å². The topological polar surface area (TPSA) is 188 Å². The Hall–Kier alpha value is -0.210. The second-order valence-corrected chi connectivity index (χ2v) is 8.50. The average Bonchev–Trinajstić information content (AvgIpc) is 3.15. The number of hydrazine groups is 2. The number of nitrogens with zero attached hydrogens (tertiary/aromatic N) is 4. The molecule has 0 spiro atoms. The van der Waals surface area contributed by atoms with Crippen molar-refractivity contribution in [3.05, 3.63) is 15.6 Å². The van der Waals surface area contributed by atoms with Crippen molar-refractivity contribution >= 4 is 11.9 Å². The zero-order chi connectivity index (χ0) is 21.1. The molecule has 0 radical (unpaired) electrons. The molecule has 3 fully saturated rings. The first kappa shape index (κ1) is 23.5. The molecule has 0 bridgehead atoms. The minimum Gasteiger partial charge on any atom is -0.762 e. The van der Waals surface area contributed by atoms with Gasteiger partial charge in [-0.3, -0.25) is 21.0 Å². The lowest BCUT2D eigenvalue weighted by Crippen LogP contribution is -2.66. The molecule has 3 aliphatic rings. The normalized spacial score (nSPS) is 39.7. The summed E-state index contributed by atoms with van der Waals surface area (Å²) in [6, 6.07) is -4.35. The van der Waals surface area contributed by atoms with Gasteiger partial charge in [-0.1, -0.05) is 0 Å². The van der Waals surface area contributed by atoms with Gasteiger partial charge in [0, 0.05) is 37.3 Å². The molecule has 0 aromatic rings. The fraction of sp³-hybridized carbons (Fsp3) is 1.00. The largest absolute Gasteiger partial charge is 0.762 e. The third-order valence-corrected chi connectivity index (χ3v) is 6.84. The Bertz CT molecular complexity index is 497. The number of hydroxylamine groups is 6. The van der Waals surface area contributed by atoms with Crippen LogP contribution in [0.15, 0.2) is 0 Å². The number of nitrogens with one attached hydrogen (secondary N) is 3. The van der Waals surface area contributed by atoms with Crippen LogP contribution in [0.5, 0.6) is 0 Å². The Morgan fingerprint density at radius 1 is 1.00 bits per heavy atom. The molecule has 2 aliphatic carbocycles. The van der Waals surface area contributed by atoms with Crippen LogP contribution in [0.1, 0.15) is 38.5 Å².